The molecule has 1 aromatic carbocycles. The first-order valence-electron chi connectivity index (χ1n) is 9.07. The molecule has 1 aliphatic heterocycles. The van der Waals surface area contributed by atoms with Crippen molar-refractivity contribution >= 4 is 21.9 Å². The van der Waals surface area contributed by atoms with Gasteiger partial charge in [0.1, 0.15) is 0 Å². The fourth-order valence-corrected chi connectivity index (χ4v) is 4.31. The van der Waals surface area contributed by atoms with E-state index in [1.807, 2.05) is 13.8 Å². The number of aryl methyl sites for hydroxylation is 1. The van der Waals surface area contributed by atoms with Crippen LogP contribution in [0.25, 0.3) is 0 Å². The van der Waals surface area contributed by atoms with Crippen molar-refractivity contribution in [2.75, 3.05) is 20.7 Å². The standard InChI is InChI=1S/C19H28N2O5S/c1-13-9-10-16(27(24,25)20(4)5)11-17(13)19(23)26-12-18(22)21-14(2)7-6-8-15(21)3/h9-11,14-15H,6-8,12H2,1-5H3/t14-,15-/m1/s1. The maximum Gasteiger partial charge on any atom is 0.338 e. The normalized spacial score (nSPS) is 20.6. The van der Waals surface area contributed by atoms with E-state index in [2.05, 4.69) is 0 Å². The van der Waals surface area contributed by atoms with Gasteiger partial charge < -0.3 is 9.64 Å². The van der Waals surface area contributed by atoms with Gasteiger partial charge in [0, 0.05) is 26.2 Å². The number of likely N-dealkylation sites (tertiary alicyclic amines) is 1. The topological polar surface area (TPSA) is 84.0 Å². The van der Waals surface area contributed by atoms with Crippen LogP contribution in [0.5, 0.6) is 0 Å². The van der Waals surface area contributed by atoms with Crippen LogP contribution in [0.2, 0.25) is 0 Å². The lowest BCUT2D eigenvalue weighted by atomic mass is 9.97. The van der Waals surface area contributed by atoms with E-state index in [4.69, 9.17) is 4.74 Å². The number of rotatable bonds is 5. The Bertz CT molecular complexity index is 809. The first kappa shape index (κ1) is 21.4. The summed E-state index contributed by atoms with van der Waals surface area (Å²) in [7, 11) is -0.815. The van der Waals surface area contributed by atoms with Crippen LogP contribution in [0.15, 0.2) is 23.1 Å². The lowest BCUT2D eigenvalue weighted by Gasteiger charge is -2.38. The Morgan fingerprint density at radius 3 is 2.33 bits per heavy atom. The van der Waals surface area contributed by atoms with Gasteiger partial charge >= 0.3 is 5.97 Å². The minimum Gasteiger partial charge on any atom is -0.452 e. The Hall–Kier alpha value is -1.93. The van der Waals surface area contributed by atoms with Gasteiger partial charge in [0.05, 0.1) is 10.5 Å². The molecule has 0 spiro atoms. The Labute approximate surface area is 161 Å². The number of carbonyl (C=O) groups excluding carboxylic acids is 2. The van der Waals surface area contributed by atoms with Gasteiger partial charge in [-0.05, 0) is 57.7 Å². The van der Waals surface area contributed by atoms with Crippen LogP contribution in [0.4, 0.5) is 0 Å². The zero-order valence-corrected chi connectivity index (χ0v) is 17.4. The summed E-state index contributed by atoms with van der Waals surface area (Å²) >= 11 is 0. The molecule has 2 rings (SSSR count). The van der Waals surface area contributed by atoms with Gasteiger partial charge in [-0.25, -0.2) is 17.5 Å². The van der Waals surface area contributed by atoms with Crippen molar-refractivity contribution in [1.29, 1.82) is 0 Å². The maximum absolute atomic E-state index is 12.5. The van der Waals surface area contributed by atoms with Crippen molar-refractivity contribution in [3.63, 3.8) is 0 Å². The van der Waals surface area contributed by atoms with Crippen LogP contribution in [-0.2, 0) is 19.6 Å². The Balaban J connectivity index is 2.13. The lowest BCUT2D eigenvalue weighted by molar-refractivity contribution is -0.140. The van der Waals surface area contributed by atoms with Gasteiger partial charge in [-0.2, -0.15) is 0 Å². The third kappa shape index (κ3) is 4.68. The van der Waals surface area contributed by atoms with Gasteiger partial charge in [-0.15, -0.1) is 0 Å². The molecule has 8 heteroatoms. The summed E-state index contributed by atoms with van der Waals surface area (Å²) in [6.07, 6.45) is 2.96. The van der Waals surface area contributed by atoms with Crippen molar-refractivity contribution in [2.24, 2.45) is 0 Å². The highest BCUT2D eigenvalue weighted by Crippen LogP contribution is 2.23. The molecule has 0 saturated carbocycles. The molecule has 1 amide bonds. The number of carbonyl (C=O) groups is 2. The molecule has 0 N–H and O–H groups in total. The number of hydrogen-bond donors (Lipinski definition) is 0. The number of esters is 1. The van der Waals surface area contributed by atoms with Crippen molar-refractivity contribution in [3.05, 3.63) is 29.3 Å². The second kappa shape index (κ2) is 8.39. The SMILES string of the molecule is Cc1ccc(S(=O)(=O)N(C)C)cc1C(=O)OCC(=O)N1[C@H](C)CCC[C@H]1C. The summed E-state index contributed by atoms with van der Waals surface area (Å²) < 4.78 is 30.8. The zero-order valence-electron chi connectivity index (χ0n) is 16.6. The molecule has 27 heavy (non-hydrogen) atoms. The minimum atomic E-state index is -3.66. The maximum atomic E-state index is 12.5. The molecule has 1 saturated heterocycles. The first-order valence-corrected chi connectivity index (χ1v) is 10.5. The fraction of sp³-hybridized carbons (Fsp3) is 0.579. The molecule has 1 aliphatic rings. The van der Waals surface area contributed by atoms with E-state index >= 15 is 0 Å². The third-order valence-corrected chi connectivity index (χ3v) is 6.83. The minimum absolute atomic E-state index is 0.00894. The molecule has 0 aromatic heterocycles. The second-order valence-corrected chi connectivity index (χ2v) is 9.42. The molecular formula is C19H28N2O5S. The second-order valence-electron chi connectivity index (χ2n) is 7.27. The molecule has 0 unspecified atom stereocenters. The molecule has 2 atom stereocenters. The monoisotopic (exact) mass is 396 g/mol. The van der Waals surface area contributed by atoms with Gasteiger partial charge in [0.2, 0.25) is 10.0 Å². The Morgan fingerprint density at radius 2 is 1.78 bits per heavy atom. The lowest BCUT2D eigenvalue weighted by Crippen LogP contribution is -2.49. The van der Waals surface area contributed by atoms with E-state index in [1.165, 1.54) is 26.2 Å². The van der Waals surface area contributed by atoms with Crippen molar-refractivity contribution in [1.82, 2.24) is 9.21 Å². The number of nitrogens with zero attached hydrogens (tertiary/aromatic N) is 2. The number of hydrogen-bond acceptors (Lipinski definition) is 5. The molecule has 0 aliphatic carbocycles. The van der Waals surface area contributed by atoms with Gasteiger partial charge in [0.25, 0.3) is 5.91 Å². The molecule has 1 fully saturated rings. The summed E-state index contributed by atoms with van der Waals surface area (Å²) in [6.45, 7) is 5.33. The number of piperidine rings is 1. The van der Waals surface area contributed by atoms with Crippen LogP contribution in [0.3, 0.4) is 0 Å². The summed E-state index contributed by atoms with van der Waals surface area (Å²) in [6, 6.07) is 4.54. The van der Waals surface area contributed by atoms with E-state index in [0.29, 0.717) is 5.56 Å². The predicted octanol–water partition coefficient (Wildman–Crippen LogP) is 2.19. The summed E-state index contributed by atoms with van der Waals surface area (Å²) in [5, 5.41) is 0. The molecule has 7 nitrogen and oxygen atoms in total. The number of amides is 1. The van der Waals surface area contributed by atoms with Crippen LogP contribution >= 0.6 is 0 Å². The summed E-state index contributed by atoms with van der Waals surface area (Å²) in [5.41, 5.74) is 0.732. The number of ether oxygens (including phenoxy) is 1. The highest BCUT2D eigenvalue weighted by molar-refractivity contribution is 7.89. The quantitative estimate of drug-likeness (QED) is 0.713. The number of benzene rings is 1. The zero-order chi connectivity index (χ0) is 20.4. The molecule has 150 valence electrons. The van der Waals surface area contributed by atoms with Crippen LogP contribution < -0.4 is 0 Å². The van der Waals surface area contributed by atoms with Crippen LogP contribution in [0.1, 0.15) is 49.0 Å². The largest absolute Gasteiger partial charge is 0.452 e. The van der Waals surface area contributed by atoms with Gasteiger partial charge in [0.15, 0.2) is 6.61 Å². The van der Waals surface area contributed by atoms with Crippen molar-refractivity contribution < 1.29 is 22.7 Å². The Morgan fingerprint density at radius 1 is 1.19 bits per heavy atom. The predicted molar refractivity (Wildman–Crippen MR) is 102 cm³/mol. The van der Waals surface area contributed by atoms with Crippen LogP contribution in [-0.4, -0.2) is 62.3 Å². The van der Waals surface area contributed by atoms with Crippen molar-refractivity contribution in [3.8, 4) is 0 Å². The van der Waals surface area contributed by atoms with E-state index in [1.54, 1.807) is 17.9 Å². The van der Waals surface area contributed by atoms with Crippen LogP contribution in [0, 0.1) is 6.92 Å². The average Bonchev–Trinajstić information content (AvgIpc) is 2.59. The number of sulfonamides is 1. The third-order valence-electron chi connectivity index (χ3n) is 5.02. The van der Waals surface area contributed by atoms with Crippen molar-refractivity contribution in [2.45, 2.75) is 57.0 Å². The molecule has 1 aromatic rings. The highest BCUT2D eigenvalue weighted by Gasteiger charge is 2.29. The van der Waals surface area contributed by atoms with E-state index in [9.17, 15) is 18.0 Å². The molecule has 0 bridgehead atoms. The van der Waals surface area contributed by atoms with E-state index < -0.39 is 16.0 Å². The summed E-state index contributed by atoms with van der Waals surface area (Å²) in [4.78, 5) is 26.7. The smallest absolute Gasteiger partial charge is 0.338 e. The first-order chi connectivity index (χ1) is 12.6. The Kier molecular flexibility index (Phi) is 6.64. The van der Waals surface area contributed by atoms with Gasteiger partial charge in [-0.1, -0.05) is 6.07 Å². The van der Waals surface area contributed by atoms with E-state index in [0.717, 1.165) is 23.6 Å². The fourth-order valence-electron chi connectivity index (χ4n) is 3.38. The summed E-state index contributed by atoms with van der Waals surface area (Å²) in [5.74, 6) is -0.924. The van der Waals surface area contributed by atoms with E-state index in [-0.39, 0.29) is 35.1 Å². The molecular weight excluding hydrogens is 368 g/mol. The average molecular weight is 397 g/mol. The molecule has 0 radical (unpaired) electrons. The van der Waals surface area contributed by atoms with Gasteiger partial charge in [-0.3, -0.25) is 4.79 Å². The molecule has 1 heterocycles. The highest BCUT2D eigenvalue weighted by atomic mass is 32.2.